The van der Waals surface area contributed by atoms with E-state index in [1.807, 2.05) is 6.92 Å². The third kappa shape index (κ3) is 65.4. The molecule has 0 aromatic heterocycles. The fourth-order valence-corrected chi connectivity index (χ4v) is 5.22. The number of alkyl halides is 4. The summed E-state index contributed by atoms with van der Waals surface area (Å²) in [5.74, 6) is -3.58. The third-order valence-corrected chi connectivity index (χ3v) is 26.9. The SMILES string of the molecule is C.C.C.C.CC(=O)P(C)(C)=O.CC(F)(F)P(C)(C)=O.CC(O)(P(C)(C)=O)P(C)(C)=O.CCP(C)(C)=O.C[C@@H](F)P(C)(C)=O.C[C@@H](O)P(C)(C)=O.C[C@H](F)P(C)(C)=O.C[C@H](O)P(C)(C)=O. The smallest absolute Gasteiger partial charge is 0.294 e. The molecule has 0 fully saturated rings. The van der Waals surface area contributed by atoms with Gasteiger partial charge in [-0.15, -0.1) is 0 Å². The van der Waals surface area contributed by atoms with Crippen LogP contribution in [0, 0.1) is 0 Å². The van der Waals surface area contributed by atoms with Gasteiger partial charge in [0.05, 0.1) is 7.14 Å². The van der Waals surface area contributed by atoms with Gasteiger partial charge in [0.2, 0.25) is 0 Å². The molecule has 0 spiro atoms. The van der Waals surface area contributed by atoms with Crippen LogP contribution in [-0.2, 0) is 45.9 Å². The average Bonchev–Trinajstić information content (AvgIpc) is 2.90. The Kier molecular flexibility index (Phi) is 55.2. The van der Waals surface area contributed by atoms with Gasteiger partial charge in [0.1, 0.15) is 80.7 Å². The van der Waals surface area contributed by atoms with Crippen molar-refractivity contribution in [2.75, 3.05) is 126 Å². The van der Waals surface area contributed by atoms with Gasteiger partial charge in [-0.25, -0.2) is 8.78 Å². The normalized spacial score (nSPS) is 14.0. The molecule has 0 aromatic rings. The Hall–Kier alpha value is 1.34. The molecule has 4 atom stereocenters. The number of hydrogen-bond donors (Lipinski definition) is 3. The van der Waals surface area contributed by atoms with Gasteiger partial charge in [-0.05, 0) is 161 Å². The summed E-state index contributed by atoms with van der Waals surface area (Å²) in [5.41, 5.74) is -3.21. The number of carbonyl (C=O) groups excluding carboxylic acids is 1. The number of aliphatic hydroxyl groups excluding tert-OH is 2. The molecule has 0 saturated heterocycles. The van der Waals surface area contributed by atoms with Gasteiger partial charge in [0.15, 0.2) is 10.6 Å². The highest BCUT2D eigenvalue weighted by molar-refractivity contribution is 7.81. The van der Waals surface area contributed by atoms with E-state index in [9.17, 15) is 68.5 Å². The highest BCUT2D eigenvalue weighted by Crippen LogP contribution is 2.68. The van der Waals surface area contributed by atoms with E-state index in [0.29, 0.717) is 6.92 Å². The Morgan fingerprint density at radius 1 is 0.484 bits per heavy atom. The molecule has 0 amide bonds. The second-order valence-corrected chi connectivity index (χ2v) is 50.3. The molecule has 13 nitrogen and oxygen atoms in total. The number of hydrogen-bond acceptors (Lipinski definition) is 13. The molecule has 3 N–H and O–H groups in total. The molecule has 0 aliphatic carbocycles. The van der Waals surface area contributed by atoms with Crippen molar-refractivity contribution in [1.29, 1.82) is 0 Å². The molecule has 0 unspecified atom stereocenters. The second kappa shape index (κ2) is 37.2. The molecule has 0 aromatic carbocycles. The van der Waals surface area contributed by atoms with E-state index >= 15 is 0 Å². The van der Waals surface area contributed by atoms with Crippen LogP contribution in [0.5, 0.6) is 0 Å². The lowest BCUT2D eigenvalue weighted by molar-refractivity contribution is -0.110. The molecule has 0 rings (SSSR count). The molecule has 64 heavy (non-hydrogen) atoms. The van der Waals surface area contributed by atoms with Gasteiger partial charge in [-0.1, -0.05) is 36.6 Å². The zero-order valence-electron chi connectivity index (χ0n) is 41.5. The monoisotopic (exact) mass is 1120 g/mol. The van der Waals surface area contributed by atoms with Crippen molar-refractivity contribution in [3.63, 3.8) is 0 Å². The summed E-state index contributed by atoms with van der Waals surface area (Å²) < 4.78 is 145. The zero-order chi connectivity index (χ0) is 52.1. The van der Waals surface area contributed by atoms with Gasteiger partial charge in [0, 0.05) is 13.8 Å². The summed E-state index contributed by atoms with van der Waals surface area (Å²) in [6.45, 7) is 37.6. The molecule has 0 heterocycles. The first kappa shape index (κ1) is 95.1. The Morgan fingerprint density at radius 3 is 0.594 bits per heavy atom. The minimum Gasteiger partial charge on any atom is -0.386 e. The summed E-state index contributed by atoms with van der Waals surface area (Å²) in [6, 6.07) is 0. The molecule has 0 bridgehead atoms. The van der Waals surface area contributed by atoms with E-state index in [4.69, 9.17) is 10.2 Å². The summed E-state index contributed by atoms with van der Waals surface area (Å²) in [4.78, 5) is 10.2. The van der Waals surface area contributed by atoms with Crippen molar-refractivity contribution in [2.45, 2.75) is 119 Å². The highest BCUT2D eigenvalue weighted by atomic mass is 31.2. The summed E-state index contributed by atoms with van der Waals surface area (Å²) in [6.07, 6.45) is 0.826. The Balaban J connectivity index is -0.0000000482. The van der Waals surface area contributed by atoms with E-state index in [1.165, 1.54) is 94.3 Å². The van der Waals surface area contributed by atoms with Gasteiger partial charge in [0.25, 0.3) is 5.66 Å². The molecule has 406 valence electrons. The quantitative estimate of drug-likeness (QED) is 0.144. The maximum absolute atomic E-state index is 12.0. The number of rotatable bonds is 9. The van der Waals surface area contributed by atoms with E-state index in [0.717, 1.165) is 19.5 Å². The molecule has 0 aliphatic heterocycles. The number of carbonyl (C=O) groups is 1. The highest BCUT2D eigenvalue weighted by Gasteiger charge is 2.45. The van der Waals surface area contributed by atoms with Crippen molar-refractivity contribution in [3.8, 4) is 0 Å². The maximum atomic E-state index is 12.0. The standard InChI is InChI=1S/C6H16O3P2.C4H9F2OP.2C4H10FOP.2C4H11O2P.C4H9O2P.C4H11OP.4CH4/c1-6(7,10(2,3)8)11(4,5)9;1-4(5,6)8(2,3)7;5*1-4(5)7(2,3)6;1-4-6(2,3)5;;;;/h7H,1-5H3;1-3H3;2*4H,1-3H3;2*4-5H,1-3H3;1-3H3;4H2,1-3H3;4*1H4/t;;4*4-;;;;;;/m..1010....../s1. The average molecular weight is 1120 g/mol. The third-order valence-electron chi connectivity index (χ3n) is 8.02. The zero-order valence-corrected chi connectivity index (χ0v) is 49.5. The van der Waals surface area contributed by atoms with Gasteiger partial charge in [-0.2, -0.15) is 8.78 Å². The number of aliphatic hydroxyl groups is 3. The predicted molar refractivity (Wildman–Crippen MR) is 289 cm³/mol. The van der Waals surface area contributed by atoms with Crippen LogP contribution in [0.15, 0.2) is 0 Å². The Bertz CT molecular complexity index is 1510. The molecule has 0 aliphatic rings. The second-order valence-electron chi connectivity index (χ2n) is 17.8. The van der Waals surface area contributed by atoms with Crippen LogP contribution in [-0.4, -0.2) is 181 Å². The van der Waals surface area contributed by atoms with Gasteiger partial charge in [-0.3, -0.25) is 4.79 Å². The fourth-order valence-electron chi connectivity index (χ4n) is 0.580. The van der Waals surface area contributed by atoms with Crippen molar-refractivity contribution in [2.24, 2.45) is 0 Å². The first-order valence-electron chi connectivity index (χ1n) is 18.2. The van der Waals surface area contributed by atoms with E-state index in [2.05, 4.69) is 0 Å². The van der Waals surface area contributed by atoms with Crippen LogP contribution in [0.25, 0.3) is 0 Å². The molecule has 0 saturated carbocycles. The van der Waals surface area contributed by atoms with E-state index < -0.39 is 98.5 Å². The van der Waals surface area contributed by atoms with Crippen LogP contribution in [0.2, 0.25) is 0 Å². The summed E-state index contributed by atoms with van der Waals surface area (Å²) in [5, 5.41) is 25.4. The largest absolute Gasteiger partial charge is 0.386 e. The van der Waals surface area contributed by atoms with Crippen LogP contribution in [0.3, 0.4) is 0 Å². The minimum absolute atomic E-state index is 0. The lowest BCUT2D eigenvalue weighted by Gasteiger charge is -2.31. The van der Waals surface area contributed by atoms with E-state index in [-0.39, 0.29) is 35.2 Å². The Morgan fingerprint density at radius 2 is 0.594 bits per heavy atom. The number of halogens is 4. The van der Waals surface area contributed by atoms with E-state index in [1.54, 1.807) is 53.8 Å². The lowest BCUT2D eigenvalue weighted by atomic mass is 10.8. The molecular formula is C38H103F4O13P9. The molecule has 0 radical (unpaired) electrons. The van der Waals surface area contributed by atoms with Crippen molar-refractivity contribution >= 4 is 69.8 Å². The van der Waals surface area contributed by atoms with Crippen LogP contribution in [0.1, 0.15) is 85.1 Å². The molecular weight excluding hydrogens is 1020 g/mol. The maximum Gasteiger partial charge on any atom is 0.294 e. The fraction of sp³-hybridized carbons (Fsp3) is 0.974. The minimum atomic E-state index is -3.18. The van der Waals surface area contributed by atoms with Crippen LogP contribution >= 0.6 is 64.3 Å². The first-order chi connectivity index (χ1) is 25.0. The summed E-state index contributed by atoms with van der Waals surface area (Å²) >= 11 is 0. The Labute approximate surface area is 392 Å². The van der Waals surface area contributed by atoms with Crippen LogP contribution < -0.4 is 0 Å². The molecule has 26 heteroatoms. The lowest BCUT2D eigenvalue weighted by Crippen LogP contribution is -2.22. The van der Waals surface area contributed by atoms with Gasteiger partial charge < -0.3 is 56.4 Å². The topological polar surface area (TPSA) is 231 Å². The summed E-state index contributed by atoms with van der Waals surface area (Å²) in [7, 11) is -21.8. The predicted octanol–water partition coefficient (Wildman–Crippen LogP) is 15.2. The van der Waals surface area contributed by atoms with Crippen molar-refractivity contribution in [3.05, 3.63) is 0 Å². The van der Waals surface area contributed by atoms with Crippen LogP contribution in [0.4, 0.5) is 17.6 Å². The first-order valence-corrected chi connectivity index (χ1v) is 42.1. The van der Waals surface area contributed by atoms with Gasteiger partial charge >= 0.3 is 0 Å². The van der Waals surface area contributed by atoms with Crippen molar-refractivity contribution in [1.82, 2.24) is 0 Å². The van der Waals surface area contributed by atoms with Crippen molar-refractivity contribution < 1.29 is 78.8 Å².